The summed E-state index contributed by atoms with van der Waals surface area (Å²) in [5.74, 6) is 1.20. The van der Waals surface area contributed by atoms with Crippen molar-refractivity contribution in [2.75, 3.05) is 36.4 Å². The lowest BCUT2D eigenvalue weighted by molar-refractivity contribution is 0.584. The molecule has 1 saturated heterocycles. The minimum atomic E-state index is -0.257. The fraction of sp³-hybridized carbons (Fsp3) is 0.333. The molecule has 1 aromatic carbocycles. The average molecular weight is 287 g/mol. The highest BCUT2D eigenvalue weighted by Gasteiger charge is 2.13. The third kappa shape index (κ3) is 3.46. The summed E-state index contributed by atoms with van der Waals surface area (Å²) in [5.41, 5.74) is 1.68. The van der Waals surface area contributed by atoms with Crippen molar-refractivity contribution in [3.8, 4) is 0 Å². The molecule has 0 atom stereocenters. The molecule has 6 heteroatoms. The molecule has 2 heterocycles. The first-order chi connectivity index (χ1) is 10.2. The van der Waals surface area contributed by atoms with Crippen LogP contribution in [0.15, 0.2) is 30.3 Å². The first-order valence-corrected chi connectivity index (χ1v) is 7.05. The van der Waals surface area contributed by atoms with Crippen LogP contribution in [-0.2, 0) is 0 Å². The van der Waals surface area contributed by atoms with Crippen molar-refractivity contribution in [1.82, 2.24) is 15.3 Å². The van der Waals surface area contributed by atoms with Gasteiger partial charge in [-0.25, -0.2) is 9.37 Å². The van der Waals surface area contributed by atoms with E-state index in [-0.39, 0.29) is 5.82 Å². The molecule has 0 unspecified atom stereocenters. The summed E-state index contributed by atoms with van der Waals surface area (Å²) < 4.78 is 12.9. The Morgan fingerprint density at radius 1 is 1.14 bits per heavy atom. The molecule has 1 fully saturated rings. The zero-order valence-corrected chi connectivity index (χ0v) is 11.9. The number of rotatable bonds is 3. The molecule has 21 heavy (non-hydrogen) atoms. The van der Waals surface area contributed by atoms with Gasteiger partial charge in [0.1, 0.15) is 11.6 Å². The quantitative estimate of drug-likeness (QED) is 0.905. The minimum absolute atomic E-state index is 0.257. The minimum Gasteiger partial charge on any atom is -0.354 e. The van der Waals surface area contributed by atoms with E-state index in [1.54, 1.807) is 12.1 Å². The second-order valence-electron chi connectivity index (χ2n) is 5.06. The monoisotopic (exact) mass is 287 g/mol. The number of piperazine rings is 1. The van der Waals surface area contributed by atoms with Crippen molar-refractivity contribution in [2.24, 2.45) is 0 Å². The molecule has 0 bridgehead atoms. The standard InChI is InChI=1S/C15H18FN5/c1-11-10-14(21-8-6-17-7-9-21)20-15(18-11)19-13-4-2-12(16)3-5-13/h2-5,10,17H,6-9H2,1H3,(H,18,19,20). The molecule has 0 spiro atoms. The predicted molar refractivity (Wildman–Crippen MR) is 81.5 cm³/mol. The third-order valence-corrected chi connectivity index (χ3v) is 3.38. The molecule has 2 N–H and O–H groups in total. The molecule has 0 saturated carbocycles. The fourth-order valence-corrected chi connectivity index (χ4v) is 2.33. The Labute approximate surface area is 123 Å². The van der Waals surface area contributed by atoms with E-state index < -0.39 is 0 Å². The molecule has 1 aromatic heterocycles. The Bertz CT molecular complexity index is 608. The third-order valence-electron chi connectivity index (χ3n) is 3.38. The molecule has 1 aliphatic heterocycles. The molecule has 5 nitrogen and oxygen atoms in total. The Morgan fingerprint density at radius 3 is 2.57 bits per heavy atom. The van der Waals surface area contributed by atoms with Gasteiger partial charge < -0.3 is 15.5 Å². The lowest BCUT2D eigenvalue weighted by Crippen LogP contribution is -2.44. The van der Waals surface area contributed by atoms with Gasteiger partial charge in [-0.05, 0) is 31.2 Å². The van der Waals surface area contributed by atoms with Gasteiger partial charge in [-0.2, -0.15) is 4.98 Å². The van der Waals surface area contributed by atoms with Crippen molar-refractivity contribution >= 4 is 17.5 Å². The number of hydrogen-bond acceptors (Lipinski definition) is 5. The highest BCUT2D eigenvalue weighted by molar-refractivity contribution is 5.55. The van der Waals surface area contributed by atoms with E-state index in [9.17, 15) is 4.39 Å². The summed E-state index contributed by atoms with van der Waals surface area (Å²) >= 11 is 0. The van der Waals surface area contributed by atoms with E-state index in [4.69, 9.17) is 0 Å². The topological polar surface area (TPSA) is 53.1 Å². The number of anilines is 3. The number of benzene rings is 1. The van der Waals surface area contributed by atoms with Crippen LogP contribution in [0.4, 0.5) is 21.8 Å². The van der Waals surface area contributed by atoms with Crippen molar-refractivity contribution in [2.45, 2.75) is 6.92 Å². The molecule has 2 aromatic rings. The van der Waals surface area contributed by atoms with E-state index in [0.29, 0.717) is 5.95 Å². The number of aromatic nitrogens is 2. The molecule has 3 rings (SSSR count). The first-order valence-electron chi connectivity index (χ1n) is 7.05. The number of hydrogen-bond donors (Lipinski definition) is 2. The summed E-state index contributed by atoms with van der Waals surface area (Å²) in [6.07, 6.45) is 0. The molecule has 1 aliphatic rings. The fourth-order valence-electron chi connectivity index (χ4n) is 2.33. The summed E-state index contributed by atoms with van der Waals surface area (Å²) in [4.78, 5) is 11.2. The van der Waals surface area contributed by atoms with Crippen molar-refractivity contribution in [3.05, 3.63) is 41.8 Å². The highest BCUT2D eigenvalue weighted by atomic mass is 19.1. The van der Waals surface area contributed by atoms with E-state index >= 15 is 0 Å². The van der Waals surface area contributed by atoms with E-state index in [2.05, 4.69) is 25.5 Å². The van der Waals surface area contributed by atoms with Gasteiger partial charge in [0.15, 0.2) is 0 Å². The van der Waals surface area contributed by atoms with Gasteiger partial charge in [-0.15, -0.1) is 0 Å². The van der Waals surface area contributed by atoms with E-state index in [0.717, 1.165) is 43.4 Å². The second-order valence-corrected chi connectivity index (χ2v) is 5.06. The van der Waals surface area contributed by atoms with Crippen LogP contribution in [0.25, 0.3) is 0 Å². The maximum Gasteiger partial charge on any atom is 0.229 e. The largest absolute Gasteiger partial charge is 0.354 e. The van der Waals surface area contributed by atoms with Gasteiger partial charge in [-0.3, -0.25) is 0 Å². The van der Waals surface area contributed by atoms with Crippen molar-refractivity contribution in [3.63, 3.8) is 0 Å². The van der Waals surface area contributed by atoms with E-state index in [1.807, 2.05) is 13.0 Å². The van der Waals surface area contributed by atoms with Crippen LogP contribution >= 0.6 is 0 Å². The lowest BCUT2D eigenvalue weighted by Gasteiger charge is -2.28. The van der Waals surface area contributed by atoms with Gasteiger partial charge in [0.25, 0.3) is 0 Å². The Morgan fingerprint density at radius 2 is 1.86 bits per heavy atom. The average Bonchev–Trinajstić information content (AvgIpc) is 2.50. The smallest absolute Gasteiger partial charge is 0.229 e. The molecule has 0 radical (unpaired) electrons. The van der Waals surface area contributed by atoms with Crippen LogP contribution in [0.2, 0.25) is 0 Å². The number of nitrogens with one attached hydrogen (secondary N) is 2. The second kappa shape index (κ2) is 6.05. The predicted octanol–water partition coefficient (Wildman–Crippen LogP) is 2.08. The lowest BCUT2D eigenvalue weighted by atomic mass is 10.3. The number of aryl methyl sites for hydroxylation is 1. The van der Waals surface area contributed by atoms with Gasteiger partial charge in [0, 0.05) is 43.6 Å². The van der Waals surface area contributed by atoms with Gasteiger partial charge >= 0.3 is 0 Å². The summed E-state index contributed by atoms with van der Waals surface area (Å²) in [7, 11) is 0. The van der Waals surface area contributed by atoms with Gasteiger partial charge in [-0.1, -0.05) is 0 Å². The Hall–Kier alpha value is -2.21. The molecule has 0 amide bonds. The highest BCUT2D eigenvalue weighted by Crippen LogP contribution is 2.18. The van der Waals surface area contributed by atoms with E-state index in [1.165, 1.54) is 12.1 Å². The summed E-state index contributed by atoms with van der Waals surface area (Å²) in [6.45, 7) is 5.75. The normalized spacial score (nSPS) is 15.0. The maximum absolute atomic E-state index is 12.9. The molecule has 0 aliphatic carbocycles. The van der Waals surface area contributed by atoms with Crippen LogP contribution < -0.4 is 15.5 Å². The SMILES string of the molecule is Cc1cc(N2CCNCC2)nc(Nc2ccc(F)cc2)n1. The van der Waals surface area contributed by atoms with Crippen LogP contribution in [-0.4, -0.2) is 36.1 Å². The van der Waals surface area contributed by atoms with Crippen LogP contribution in [0.1, 0.15) is 5.69 Å². The maximum atomic E-state index is 12.9. The van der Waals surface area contributed by atoms with Gasteiger partial charge in [0.05, 0.1) is 0 Å². The van der Waals surface area contributed by atoms with Crippen LogP contribution in [0, 0.1) is 12.7 Å². The van der Waals surface area contributed by atoms with Crippen molar-refractivity contribution < 1.29 is 4.39 Å². The molecular weight excluding hydrogens is 269 g/mol. The van der Waals surface area contributed by atoms with Crippen LogP contribution in [0.3, 0.4) is 0 Å². The van der Waals surface area contributed by atoms with Crippen molar-refractivity contribution in [1.29, 1.82) is 0 Å². The first kappa shape index (κ1) is 13.8. The molecular formula is C15H18FN5. The zero-order valence-electron chi connectivity index (χ0n) is 11.9. The molecule has 110 valence electrons. The Kier molecular flexibility index (Phi) is 3.96. The summed E-state index contributed by atoms with van der Waals surface area (Å²) in [5, 5.41) is 6.44. The Balaban J connectivity index is 1.81. The zero-order chi connectivity index (χ0) is 14.7. The van der Waals surface area contributed by atoms with Crippen LogP contribution in [0.5, 0.6) is 0 Å². The van der Waals surface area contributed by atoms with Gasteiger partial charge in [0.2, 0.25) is 5.95 Å². The number of halogens is 1. The number of nitrogens with zero attached hydrogens (tertiary/aromatic N) is 3. The summed E-state index contributed by atoms with van der Waals surface area (Å²) in [6, 6.07) is 8.16.